The molecule has 0 aromatic rings. The third-order valence-corrected chi connectivity index (χ3v) is 7.64. The van der Waals surface area contributed by atoms with E-state index in [4.69, 9.17) is 0 Å². The Bertz CT molecular complexity index is 93.4. The molecule has 2 heteroatoms. The first-order valence-electron chi connectivity index (χ1n) is 3.89. The van der Waals surface area contributed by atoms with Crippen molar-refractivity contribution >= 4 is 13.5 Å². The van der Waals surface area contributed by atoms with Crippen LogP contribution in [0.1, 0.15) is 20.8 Å². The van der Waals surface area contributed by atoms with E-state index in [1.165, 1.54) is 0 Å². The van der Waals surface area contributed by atoms with E-state index in [0.717, 1.165) is 0 Å². The van der Waals surface area contributed by atoms with Gasteiger partial charge in [0.15, 0.2) is 0 Å². The fourth-order valence-electron chi connectivity index (χ4n) is 1.01. The summed E-state index contributed by atoms with van der Waals surface area (Å²) in [6, 6.07) is 0. The van der Waals surface area contributed by atoms with Crippen LogP contribution in [0.25, 0.3) is 0 Å². The molecule has 0 N–H and O–H groups in total. The van der Waals surface area contributed by atoms with Crippen molar-refractivity contribution in [2.45, 2.75) is 43.6 Å². The van der Waals surface area contributed by atoms with Gasteiger partial charge in [-0.2, -0.15) is 0 Å². The van der Waals surface area contributed by atoms with Crippen LogP contribution in [0.3, 0.4) is 0 Å². The maximum atomic E-state index is 2.56. The molecule has 1 nitrogen and oxygen atoms in total. The quantitative estimate of drug-likeness (QED) is 0.593. The number of nitrogens with zero attached hydrogens (tertiary/aromatic N) is 1. The zero-order valence-electron chi connectivity index (χ0n) is 8.45. The van der Waals surface area contributed by atoms with Crippen LogP contribution in [0.4, 0.5) is 0 Å². The molecule has 0 unspecified atom stereocenters. The first-order valence-corrected chi connectivity index (χ1v) is 11.1. The topological polar surface area (TPSA) is 3.24 Å². The summed E-state index contributed by atoms with van der Waals surface area (Å²) in [6.45, 7) is 6.84. The van der Waals surface area contributed by atoms with E-state index in [-0.39, 0.29) is 0 Å². The number of rotatable bonds is 1. The number of hydrogen-bond donors (Lipinski definition) is 0. The second kappa shape index (κ2) is 2.86. The molecular formula is C8H21GeN. The Morgan fingerprint density at radius 2 is 1.30 bits per heavy atom. The van der Waals surface area contributed by atoms with Gasteiger partial charge in [0.1, 0.15) is 0 Å². The Morgan fingerprint density at radius 3 is 1.30 bits per heavy atom. The third-order valence-electron chi connectivity index (χ3n) is 2.01. The van der Waals surface area contributed by atoms with Crippen LogP contribution in [0.5, 0.6) is 0 Å². The van der Waals surface area contributed by atoms with E-state index in [9.17, 15) is 0 Å². The molecule has 10 heavy (non-hydrogen) atoms. The van der Waals surface area contributed by atoms with Crippen molar-refractivity contribution < 1.29 is 0 Å². The maximum absolute atomic E-state index is 2.56. The van der Waals surface area contributed by atoms with Crippen LogP contribution >= 0.6 is 0 Å². The molecule has 0 aliphatic heterocycles. The van der Waals surface area contributed by atoms with Crippen molar-refractivity contribution in [2.24, 2.45) is 0 Å². The summed E-state index contributed by atoms with van der Waals surface area (Å²) in [5.41, 5.74) is 0.359. The average molecular weight is 204 g/mol. The molecule has 0 atom stereocenters. The van der Waals surface area contributed by atoms with Gasteiger partial charge in [-0.05, 0) is 0 Å². The molecule has 0 saturated carbocycles. The first-order chi connectivity index (χ1) is 4.15. The van der Waals surface area contributed by atoms with E-state index >= 15 is 0 Å². The zero-order valence-corrected chi connectivity index (χ0v) is 10.5. The minimum atomic E-state index is -1.53. The van der Waals surface area contributed by atoms with Gasteiger partial charge in [0, 0.05) is 0 Å². The summed E-state index contributed by atoms with van der Waals surface area (Å²) in [5.74, 6) is 7.27. The molecule has 0 aromatic heterocycles. The van der Waals surface area contributed by atoms with Gasteiger partial charge in [-0.15, -0.1) is 0 Å². The van der Waals surface area contributed by atoms with Gasteiger partial charge in [0.2, 0.25) is 0 Å². The Hall–Kier alpha value is 0.503. The molecule has 0 spiro atoms. The molecule has 0 heterocycles. The minimum absolute atomic E-state index is 0.359. The van der Waals surface area contributed by atoms with Crippen LogP contribution in [-0.2, 0) is 0 Å². The summed E-state index contributed by atoms with van der Waals surface area (Å²) >= 11 is -1.53. The van der Waals surface area contributed by atoms with E-state index < -0.39 is 13.5 Å². The van der Waals surface area contributed by atoms with Crippen LogP contribution in [0, 0.1) is 0 Å². The van der Waals surface area contributed by atoms with Crippen LogP contribution < -0.4 is 0 Å². The zero-order chi connectivity index (χ0) is 8.58. The van der Waals surface area contributed by atoms with E-state index in [1.54, 1.807) is 0 Å². The monoisotopic (exact) mass is 205 g/mol. The normalized spacial score (nSPS) is 14.4. The Labute approximate surface area is 68.4 Å². The van der Waals surface area contributed by atoms with Crippen molar-refractivity contribution in [1.29, 1.82) is 0 Å². The molecule has 0 saturated heterocycles. The van der Waals surface area contributed by atoms with Gasteiger partial charge in [-0.3, -0.25) is 0 Å². The first kappa shape index (κ1) is 10.5. The summed E-state index contributed by atoms with van der Waals surface area (Å²) in [7, 11) is 2.25. The summed E-state index contributed by atoms with van der Waals surface area (Å²) in [6.07, 6.45) is 0. The predicted molar refractivity (Wildman–Crippen MR) is 50.9 cm³/mol. The van der Waals surface area contributed by atoms with Gasteiger partial charge in [-0.1, -0.05) is 0 Å². The molecule has 0 rings (SSSR count). The molecule has 0 radical (unpaired) electrons. The summed E-state index contributed by atoms with van der Waals surface area (Å²) in [5, 5.41) is 0. The molecular weight excluding hydrogens is 183 g/mol. The Balaban J connectivity index is 4.23. The van der Waals surface area contributed by atoms with Gasteiger partial charge in [0.05, 0.1) is 0 Å². The van der Waals surface area contributed by atoms with Crippen molar-refractivity contribution in [3.63, 3.8) is 0 Å². The predicted octanol–water partition coefficient (Wildman–Crippen LogP) is 2.55. The SMILES string of the molecule is C[N](C(C)(C)C)[Ge]([CH3])([CH3])[CH3]. The summed E-state index contributed by atoms with van der Waals surface area (Å²) < 4.78 is 2.56. The van der Waals surface area contributed by atoms with Crippen LogP contribution in [0.2, 0.25) is 17.3 Å². The van der Waals surface area contributed by atoms with E-state index in [0.29, 0.717) is 5.54 Å². The molecule has 0 aliphatic carbocycles. The summed E-state index contributed by atoms with van der Waals surface area (Å²) in [4.78, 5) is 0. The molecule has 0 fully saturated rings. The Morgan fingerprint density at radius 1 is 1.00 bits per heavy atom. The van der Waals surface area contributed by atoms with E-state index in [2.05, 4.69) is 48.9 Å². The van der Waals surface area contributed by atoms with Gasteiger partial charge in [-0.25, -0.2) is 0 Å². The van der Waals surface area contributed by atoms with Gasteiger partial charge < -0.3 is 0 Å². The van der Waals surface area contributed by atoms with Crippen molar-refractivity contribution in [3.05, 3.63) is 0 Å². The third kappa shape index (κ3) is 3.06. The molecule has 62 valence electrons. The van der Waals surface area contributed by atoms with Gasteiger partial charge >= 0.3 is 68.0 Å². The van der Waals surface area contributed by atoms with E-state index in [1.807, 2.05) is 0 Å². The standard InChI is InChI=1S/C8H21GeN/c1-8(2,3)10(7)9(4,5)6/h1-7H3. The fraction of sp³-hybridized carbons (Fsp3) is 1.00. The second-order valence-electron chi connectivity index (χ2n) is 4.90. The molecule has 0 bridgehead atoms. The molecule has 0 amide bonds. The second-order valence-corrected chi connectivity index (χ2v) is 15.4. The molecule has 0 aliphatic rings. The Kier molecular flexibility index (Phi) is 3.00. The van der Waals surface area contributed by atoms with Crippen molar-refractivity contribution in [1.82, 2.24) is 3.86 Å². The molecule has 0 aromatic carbocycles. The van der Waals surface area contributed by atoms with Gasteiger partial charge in [0.25, 0.3) is 0 Å². The van der Waals surface area contributed by atoms with Crippen molar-refractivity contribution in [3.8, 4) is 0 Å². The van der Waals surface area contributed by atoms with Crippen molar-refractivity contribution in [2.75, 3.05) is 7.05 Å². The van der Waals surface area contributed by atoms with Crippen LogP contribution in [0.15, 0.2) is 0 Å². The average Bonchev–Trinajstić information content (AvgIpc) is 1.59. The van der Waals surface area contributed by atoms with Crippen LogP contribution in [-0.4, -0.2) is 29.9 Å². The number of hydrogen-bond acceptors (Lipinski definition) is 1. The fourth-order valence-corrected chi connectivity index (χ4v) is 5.23.